The molecule has 0 saturated carbocycles. The van der Waals surface area contributed by atoms with Gasteiger partial charge in [0.15, 0.2) is 0 Å². The Balaban J connectivity index is 0.00000155. The average Bonchev–Trinajstić information content (AvgIpc) is 3.00. The number of anilines is 3. The smallest absolute Gasteiger partial charge is 0.0973 e. The predicted molar refractivity (Wildman–Crippen MR) is 180 cm³/mol. The van der Waals surface area contributed by atoms with Gasteiger partial charge < -0.3 is 4.90 Å². The number of aromatic nitrogens is 2. The van der Waals surface area contributed by atoms with Crippen LogP contribution in [0.1, 0.15) is 61.1 Å². The van der Waals surface area contributed by atoms with E-state index in [-0.39, 0.29) is 5.41 Å². The van der Waals surface area contributed by atoms with E-state index >= 15 is 0 Å². The molecule has 7 rings (SSSR count). The first-order valence-corrected chi connectivity index (χ1v) is 15.0. The Morgan fingerprint density at radius 2 is 1.12 bits per heavy atom. The lowest BCUT2D eigenvalue weighted by atomic mass is 9.73. The summed E-state index contributed by atoms with van der Waals surface area (Å²) in [5, 5.41) is 2.34. The minimum absolute atomic E-state index is 0.0764. The summed E-state index contributed by atoms with van der Waals surface area (Å²) in [6.07, 6.45) is 3.79. The Kier molecular flexibility index (Phi) is 6.85. The molecule has 3 nitrogen and oxygen atoms in total. The molecule has 3 heterocycles. The van der Waals surface area contributed by atoms with Crippen LogP contribution in [0.15, 0.2) is 91.3 Å². The van der Waals surface area contributed by atoms with Gasteiger partial charge in [-0.1, -0.05) is 64.1 Å². The standard InChI is InChI=1S/C37H33N3.C2H6/c1-22-15-17-38-35-27(22)21-28(34-23(2)16-18-39-36(34)35)26-19-25(4)33(20-24(26)3)40-31-13-9-7-11-29(31)37(5,6)30-12-8-10-14-32(30)40;1-2/h7-21H,1-6H3;1-2H3. The van der Waals surface area contributed by atoms with Gasteiger partial charge in [-0.2, -0.15) is 0 Å². The van der Waals surface area contributed by atoms with Crippen molar-refractivity contribution in [1.29, 1.82) is 0 Å². The van der Waals surface area contributed by atoms with Gasteiger partial charge in [0.2, 0.25) is 0 Å². The first-order chi connectivity index (χ1) is 20.3. The molecule has 2 aromatic heterocycles. The third-order valence-corrected chi connectivity index (χ3v) is 8.86. The zero-order valence-corrected chi connectivity index (χ0v) is 26.0. The molecule has 4 aromatic carbocycles. The molecular formula is C39H39N3. The summed E-state index contributed by atoms with van der Waals surface area (Å²) < 4.78 is 0. The first kappa shape index (κ1) is 27.7. The molecule has 1 aliphatic rings. The summed E-state index contributed by atoms with van der Waals surface area (Å²) in [6, 6.07) is 29.0. The minimum atomic E-state index is -0.0764. The normalized spacial score (nSPS) is 13.4. The van der Waals surface area contributed by atoms with Crippen LogP contribution in [-0.2, 0) is 5.41 Å². The van der Waals surface area contributed by atoms with E-state index in [1.54, 1.807) is 0 Å². The fraction of sp³-hybridized carbons (Fsp3) is 0.231. The Bertz CT molecular complexity index is 1930. The van der Waals surface area contributed by atoms with Crippen LogP contribution in [0.5, 0.6) is 0 Å². The SMILES string of the molecule is CC.Cc1cc(N2c3ccccc3C(C)(C)c3ccccc32)c(C)cc1-c1cc2c(C)ccnc2c2nccc(C)c12. The highest BCUT2D eigenvalue weighted by Crippen LogP contribution is 2.52. The van der Waals surface area contributed by atoms with E-state index in [1.165, 1.54) is 67.0 Å². The zero-order chi connectivity index (χ0) is 29.8. The Labute approximate surface area is 249 Å². The van der Waals surface area contributed by atoms with Crippen molar-refractivity contribution >= 4 is 38.9 Å². The predicted octanol–water partition coefficient (Wildman–Crippen LogP) is 10.8. The van der Waals surface area contributed by atoms with Crippen molar-refractivity contribution in [3.63, 3.8) is 0 Å². The first-order valence-electron chi connectivity index (χ1n) is 15.0. The maximum Gasteiger partial charge on any atom is 0.0973 e. The van der Waals surface area contributed by atoms with Gasteiger partial charge in [-0.05, 0) is 115 Å². The van der Waals surface area contributed by atoms with Crippen molar-refractivity contribution in [3.8, 4) is 11.1 Å². The number of fused-ring (bicyclic) bond motifs is 5. The molecule has 0 bridgehead atoms. The molecule has 0 saturated heterocycles. The highest BCUT2D eigenvalue weighted by Gasteiger charge is 2.36. The Morgan fingerprint density at radius 3 is 1.76 bits per heavy atom. The average molecular weight is 550 g/mol. The van der Waals surface area contributed by atoms with Crippen LogP contribution < -0.4 is 4.90 Å². The minimum Gasteiger partial charge on any atom is -0.310 e. The Hall–Kier alpha value is -4.50. The second kappa shape index (κ2) is 10.4. The third-order valence-electron chi connectivity index (χ3n) is 8.86. The van der Waals surface area contributed by atoms with Crippen molar-refractivity contribution in [3.05, 3.63) is 125 Å². The number of aryl methyl sites for hydroxylation is 4. The van der Waals surface area contributed by atoms with Crippen LogP contribution >= 0.6 is 0 Å². The summed E-state index contributed by atoms with van der Waals surface area (Å²) in [7, 11) is 0. The number of pyridine rings is 2. The third kappa shape index (κ3) is 4.10. The van der Waals surface area contributed by atoms with Crippen molar-refractivity contribution in [1.82, 2.24) is 9.97 Å². The van der Waals surface area contributed by atoms with Crippen LogP contribution in [0.3, 0.4) is 0 Å². The van der Waals surface area contributed by atoms with E-state index in [0.29, 0.717) is 0 Å². The molecule has 0 atom stereocenters. The van der Waals surface area contributed by atoms with Crippen LogP contribution in [0.25, 0.3) is 32.9 Å². The molecule has 0 unspecified atom stereocenters. The monoisotopic (exact) mass is 549 g/mol. The van der Waals surface area contributed by atoms with E-state index in [2.05, 4.69) is 125 Å². The molecule has 0 radical (unpaired) electrons. The van der Waals surface area contributed by atoms with Gasteiger partial charge in [0, 0.05) is 34.3 Å². The highest BCUT2D eigenvalue weighted by atomic mass is 15.2. The summed E-state index contributed by atoms with van der Waals surface area (Å²) >= 11 is 0. The molecule has 0 fully saturated rings. The lowest BCUT2D eigenvalue weighted by molar-refractivity contribution is 0.632. The summed E-state index contributed by atoms with van der Waals surface area (Å²) in [5.41, 5.74) is 15.6. The lowest BCUT2D eigenvalue weighted by Crippen LogP contribution is -2.30. The van der Waals surface area contributed by atoms with E-state index in [4.69, 9.17) is 9.97 Å². The number of hydrogen-bond donors (Lipinski definition) is 0. The second-order valence-corrected chi connectivity index (χ2v) is 11.7. The van der Waals surface area contributed by atoms with Gasteiger partial charge in [-0.15, -0.1) is 0 Å². The maximum atomic E-state index is 4.83. The summed E-state index contributed by atoms with van der Waals surface area (Å²) in [6.45, 7) is 17.5. The molecule has 3 heteroatoms. The van der Waals surface area contributed by atoms with Crippen molar-refractivity contribution in [2.24, 2.45) is 0 Å². The van der Waals surface area contributed by atoms with Gasteiger partial charge in [0.25, 0.3) is 0 Å². The van der Waals surface area contributed by atoms with E-state index in [9.17, 15) is 0 Å². The molecule has 0 amide bonds. The van der Waals surface area contributed by atoms with Crippen molar-refractivity contribution in [2.45, 2.75) is 60.8 Å². The Morgan fingerprint density at radius 1 is 0.548 bits per heavy atom. The van der Waals surface area contributed by atoms with Gasteiger partial charge in [-0.3, -0.25) is 9.97 Å². The topological polar surface area (TPSA) is 29.0 Å². The lowest BCUT2D eigenvalue weighted by Gasteiger charge is -2.42. The van der Waals surface area contributed by atoms with Crippen molar-refractivity contribution < 1.29 is 0 Å². The number of benzene rings is 4. The van der Waals surface area contributed by atoms with Gasteiger partial charge >= 0.3 is 0 Å². The molecular weight excluding hydrogens is 510 g/mol. The van der Waals surface area contributed by atoms with Gasteiger partial charge in [-0.25, -0.2) is 0 Å². The molecule has 0 N–H and O–H groups in total. The summed E-state index contributed by atoms with van der Waals surface area (Å²) in [5.74, 6) is 0. The molecule has 6 aromatic rings. The quantitative estimate of drug-likeness (QED) is 0.201. The fourth-order valence-corrected chi connectivity index (χ4v) is 6.71. The number of para-hydroxylation sites is 2. The van der Waals surface area contributed by atoms with Crippen LogP contribution in [-0.4, -0.2) is 9.97 Å². The van der Waals surface area contributed by atoms with Crippen molar-refractivity contribution in [2.75, 3.05) is 4.90 Å². The number of rotatable bonds is 2. The maximum absolute atomic E-state index is 4.83. The van der Waals surface area contributed by atoms with Crippen LogP contribution in [0.2, 0.25) is 0 Å². The fourth-order valence-electron chi connectivity index (χ4n) is 6.71. The highest BCUT2D eigenvalue weighted by molar-refractivity contribution is 6.12. The molecule has 42 heavy (non-hydrogen) atoms. The van der Waals surface area contributed by atoms with E-state index < -0.39 is 0 Å². The molecule has 0 spiro atoms. The largest absolute Gasteiger partial charge is 0.310 e. The van der Waals surface area contributed by atoms with Gasteiger partial charge in [0.05, 0.1) is 22.4 Å². The summed E-state index contributed by atoms with van der Waals surface area (Å²) in [4.78, 5) is 12.0. The second-order valence-electron chi connectivity index (χ2n) is 11.7. The van der Waals surface area contributed by atoms with Crippen LogP contribution in [0, 0.1) is 27.7 Å². The molecule has 1 aliphatic heterocycles. The van der Waals surface area contributed by atoms with Crippen LogP contribution in [0.4, 0.5) is 17.1 Å². The zero-order valence-electron chi connectivity index (χ0n) is 26.0. The van der Waals surface area contributed by atoms with E-state index in [1.807, 2.05) is 26.2 Å². The van der Waals surface area contributed by atoms with E-state index in [0.717, 1.165) is 16.4 Å². The van der Waals surface area contributed by atoms with Gasteiger partial charge in [0.1, 0.15) is 0 Å². The molecule has 210 valence electrons. The number of hydrogen-bond acceptors (Lipinski definition) is 3. The molecule has 0 aliphatic carbocycles. The number of nitrogens with zero attached hydrogens (tertiary/aromatic N) is 3.